The molecule has 0 aliphatic heterocycles. The number of pyridine rings is 1. The van der Waals surface area contributed by atoms with E-state index in [1.54, 1.807) is 0 Å². The predicted octanol–water partition coefficient (Wildman–Crippen LogP) is 2.88. The van der Waals surface area contributed by atoms with Gasteiger partial charge in [-0.2, -0.15) is 0 Å². The predicted molar refractivity (Wildman–Crippen MR) is 81.2 cm³/mol. The summed E-state index contributed by atoms with van der Waals surface area (Å²) in [5.41, 5.74) is 2.18. The van der Waals surface area contributed by atoms with Crippen molar-refractivity contribution < 1.29 is 9.90 Å². The summed E-state index contributed by atoms with van der Waals surface area (Å²) < 4.78 is 0. The molecule has 0 saturated heterocycles. The van der Waals surface area contributed by atoms with Crippen LogP contribution in [0.5, 0.6) is 0 Å². The van der Waals surface area contributed by atoms with Crippen LogP contribution in [0, 0.1) is 19.8 Å². The minimum Gasteiger partial charge on any atom is -0.393 e. The molecule has 0 aliphatic carbocycles. The van der Waals surface area contributed by atoms with Gasteiger partial charge in [0.1, 0.15) is 0 Å². The zero-order chi connectivity index (χ0) is 15.3. The lowest BCUT2D eigenvalue weighted by molar-refractivity contribution is 0.117. The van der Waals surface area contributed by atoms with Gasteiger partial charge in [-0.05, 0) is 37.8 Å². The van der Waals surface area contributed by atoms with Crippen LogP contribution in [0.4, 0.5) is 10.5 Å². The van der Waals surface area contributed by atoms with Crippen molar-refractivity contribution in [2.24, 2.45) is 5.92 Å². The van der Waals surface area contributed by atoms with Gasteiger partial charge in [0.15, 0.2) is 5.15 Å². The van der Waals surface area contributed by atoms with Crippen LogP contribution in [-0.4, -0.2) is 28.8 Å². The van der Waals surface area contributed by atoms with E-state index in [1.165, 1.54) is 0 Å². The van der Waals surface area contributed by atoms with Gasteiger partial charge in [-0.15, -0.1) is 0 Å². The number of nitrogens with one attached hydrogen (secondary N) is 2. The summed E-state index contributed by atoms with van der Waals surface area (Å²) in [6, 6.07) is 1.50. The molecule has 6 heteroatoms. The van der Waals surface area contributed by atoms with E-state index in [4.69, 9.17) is 11.6 Å². The number of halogens is 1. The second kappa shape index (κ2) is 7.45. The summed E-state index contributed by atoms with van der Waals surface area (Å²) in [7, 11) is 0. The number of carbonyl (C=O) groups excluding carboxylic acids is 1. The van der Waals surface area contributed by atoms with Crippen LogP contribution < -0.4 is 10.6 Å². The van der Waals surface area contributed by atoms with E-state index in [1.807, 2.05) is 33.8 Å². The van der Waals surface area contributed by atoms with Gasteiger partial charge >= 0.3 is 6.03 Å². The Morgan fingerprint density at radius 1 is 1.45 bits per heavy atom. The molecule has 0 bridgehead atoms. The van der Waals surface area contributed by atoms with E-state index in [0.29, 0.717) is 18.7 Å². The third kappa shape index (κ3) is 4.98. The molecule has 0 aliphatic rings. The first-order valence-corrected chi connectivity index (χ1v) is 7.05. The highest BCUT2D eigenvalue weighted by molar-refractivity contribution is 6.32. The number of aliphatic hydroxyl groups is 1. The summed E-state index contributed by atoms with van der Waals surface area (Å²) in [6.07, 6.45) is 0.103. The van der Waals surface area contributed by atoms with Gasteiger partial charge in [0.2, 0.25) is 0 Å². The minimum absolute atomic E-state index is 0.179. The van der Waals surface area contributed by atoms with Gasteiger partial charge in [0.25, 0.3) is 0 Å². The fourth-order valence-corrected chi connectivity index (χ4v) is 2.10. The molecule has 1 rings (SSSR count). The average Bonchev–Trinajstić information content (AvgIpc) is 2.33. The maximum absolute atomic E-state index is 11.8. The number of amides is 2. The van der Waals surface area contributed by atoms with E-state index < -0.39 is 6.10 Å². The highest BCUT2D eigenvalue weighted by Crippen LogP contribution is 2.24. The summed E-state index contributed by atoms with van der Waals surface area (Å²) in [5, 5.41) is 15.3. The molecule has 2 amide bonds. The molecular weight excluding hydrogens is 278 g/mol. The van der Waals surface area contributed by atoms with E-state index in [0.717, 1.165) is 11.3 Å². The SMILES string of the molecule is Cc1cc(C)c(NC(=O)NCCC(O)C(C)C)c(Cl)n1. The molecular formula is C14H22ClN3O2. The van der Waals surface area contributed by atoms with E-state index in [-0.39, 0.29) is 17.1 Å². The number of aliphatic hydroxyl groups excluding tert-OH is 1. The van der Waals surface area contributed by atoms with Crippen molar-refractivity contribution in [3.8, 4) is 0 Å². The Morgan fingerprint density at radius 2 is 2.10 bits per heavy atom. The Hall–Kier alpha value is -1.33. The first-order valence-electron chi connectivity index (χ1n) is 6.68. The number of nitrogens with zero attached hydrogens (tertiary/aromatic N) is 1. The summed E-state index contributed by atoms with van der Waals surface area (Å²) in [6.45, 7) is 7.98. The number of aromatic nitrogens is 1. The van der Waals surface area contributed by atoms with Crippen LogP contribution in [0.3, 0.4) is 0 Å². The minimum atomic E-state index is -0.415. The van der Waals surface area contributed by atoms with Crippen molar-refractivity contribution >= 4 is 23.3 Å². The van der Waals surface area contributed by atoms with Crippen LogP contribution in [0.2, 0.25) is 5.15 Å². The number of hydrogen-bond donors (Lipinski definition) is 3. The van der Waals surface area contributed by atoms with Crippen molar-refractivity contribution in [3.63, 3.8) is 0 Å². The third-order valence-corrected chi connectivity index (χ3v) is 3.31. The molecule has 1 unspecified atom stereocenters. The second-order valence-corrected chi connectivity index (χ2v) is 5.59. The van der Waals surface area contributed by atoms with Crippen molar-refractivity contribution in [1.82, 2.24) is 10.3 Å². The van der Waals surface area contributed by atoms with Crippen LogP contribution in [-0.2, 0) is 0 Å². The fraction of sp³-hybridized carbons (Fsp3) is 0.571. The Balaban J connectivity index is 2.51. The lowest BCUT2D eigenvalue weighted by atomic mass is 10.0. The normalized spacial score (nSPS) is 12.3. The Morgan fingerprint density at radius 3 is 2.65 bits per heavy atom. The van der Waals surface area contributed by atoms with E-state index in [9.17, 15) is 9.90 Å². The van der Waals surface area contributed by atoms with Crippen LogP contribution in [0.25, 0.3) is 0 Å². The Kier molecular flexibility index (Phi) is 6.23. The number of carbonyl (C=O) groups is 1. The number of aryl methyl sites for hydroxylation is 2. The maximum atomic E-state index is 11.8. The number of anilines is 1. The molecule has 0 saturated carbocycles. The summed E-state index contributed by atoms with van der Waals surface area (Å²) in [4.78, 5) is 15.9. The monoisotopic (exact) mass is 299 g/mol. The fourth-order valence-electron chi connectivity index (χ4n) is 1.77. The van der Waals surface area contributed by atoms with Gasteiger partial charge in [0.05, 0.1) is 11.8 Å². The molecule has 20 heavy (non-hydrogen) atoms. The average molecular weight is 300 g/mol. The zero-order valence-electron chi connectivity index (χ0n) is 12.3. The van der Waals surface area contributed by atoms with Crippen molar-refractivity contribution in [3.05, 3.63) is 22.5 Å². The molecule has 112 valence electrons. The lowest BCUT2D eigenvalue weighted by Crippen LogP contribution is -2.32. The third-order valence-electron chi connectivity index (χ3n) is 3.03. The van der Waals surface area contributed by atoms with Gasteiger partial charge in [0, 0.05) is 12.2 Å². The zero-order valence-corrected chi connectivity index (χ0v) is 13.1. The molecule has 0 aromatic carbocycles. The van der Waals surface area contributed by atoms with Crippen LogP contribution >= 0.6 is 11.6 Å². The Labute approximate surface area is 124 Å². The maximum Gasteiger partial charge on any atom is 0.319 e. The molecule has 1 atom stereocenters. The highest BCUT2D eigenvalue weighted by Gasteiger charge is 2.12. The van der Waals surface area contributed by atoms with E-state index in [2.05, 4.69) is 15.6 Å². The van der Waals surface area contributed by atoms with Crippen molar-refractivity contribution in [2.45, 2.75) is 40.2 Å². The highest BCUT2D eigenvalue weighted by atomic mass is 35.5. The molecule has 1 aromatic rings. The van der Waals surface area contributed by atoms with Crippen LogP contribution in [0.1, 0.15) is 31.5 Å². The molecule has 5 nitrogen and oxygen atoms in total. The molecule has 0 fully saturated rings. The lowest BCUT2D eigenvalue weighted by Gasteiger charge is -2.15. The van der Waals surface area contributed by atoms with Crippen LogP contribution in [0.15, 0.2) is 6.07 Å². The van der Waals surface area contributed by atoms with Gasteiger partial charge in [-0.25, -0.2) is 9.78 Å². The number of rotatable bonds is 5. The second-order valence-electron chi connectivity index (χ2n) is 5.23. The van der Waals surface area contributed by atoms with Gasteiger partial charge in [-0.1, -0.05) is 25.4 Å². The molecule has 0 radical (unpaired) electrons. The molecule has 0 spiro atoms. The molecule has 1 aromatic heterocycles. The molecule has 3 N–H and O–H groups in total. The molecule has 1 heterocycles. The van der Waals surface area contributed by atoms with Gasteiger partial charge < -0.3 is 15.7 Å². The van der Waals surface area contributed by atoms with E-state index >= 15 is 0 Å². The first kappa shape index (κ1) is 16.7. The van der Waals surface area contributed by atoms with Crippen molar-refractivity contribution in [2.75, 3.05) is 11.9 Å². The summed E-state index contributed by atoms with van der Waals surface area (Å²) in [5.74, 6) is 0.179. The summed E-state index contributed by atoms with van der Waals surface area (Å²) >= 11 is 6.01. The standard InChI is InChI=1S/C14H22ClN3O2/c1-8(2)11(19)5-6-16-14(20)18-12-9(3)7-10(4)17-13(12)15/h7-8,11,19H,5-6H2,1-4H3,(H2,16,18,20). The largest absolute Gasteiger partial charge is 0.393 e. The first-order chi connectivity index (χ1) is 9.31. The van der Waals surface area contributed by atoms with Gasteiger partial charge in [-0.3, -0.25) is 0 Å². The number of hydrogen-bond acceptors (Lipinski definition) is 3. The smallest absolute Gasteiger partial charge is 0.319 e. The Bertz CT molecular complexity index is 454. The van der Waals surface area contributed by atoms with Crippen molar-refractivity contribution in [1.29, 1.82) is 0 Å². The quantitative estimate of drug-likeness (QED) is 0.732. The topological polar surface area (TPSA) is 74.2 Å². The number of urea groups is 1.